The van der Waals surface area contributed by atoms with Gasteiger partial charge >= 0.3 is 5.97 Å². The molecule has 0 aromatic rings. The Morgan fingerprint density at radius 3 is 2.59 bits per heavy atom. The van der Waals surface area contributed by atoms with E-state index in [0.29, 0.717) is 6.04 Å². The zero-order chi connectivity index (χ0) is 13.2. The summed E-state index contributed by atoms with van der Waals surface area (Å²) in [6.45, 7) is 8.53. The maximum absolute atomic E-state index is 11.9. The van der Waals surface area contributed by atoms with Crippen LogP contribution in [0, 0.1) is 11.3 Å². The SMILES string of the molecule is COC(=O)[C@H](C(C)C)[N+]1=CC(C)(C)CC1CBr. The predicted molar refractivity (Wildman–Crippen MR) is 72.9 cm³/mol. The number of carbonyl (C=O) groups excluding carboxylic acids is 1. The van der Waals surface area contributed by atoms with E-state index in [2.05, 4.69) is 54.4 Å². The van der Waals surface area contributed by atoms with Crippen LogP contribution in [0.3, 0.4) is 0 Å². The Morgan fingerprint density at radius 2 is 2.18 bits per heavy atom. The van der Waals surface area contributed by atoms with Gasteiger partial charge in [0.25, 0.3) is 6.04 Å². The molecule has 0 bridgehead atoms. The van der Waals surface area contributed by atoms with Gasteiger partial charge in [0.05, 0.1) is 12.4 Å². The first-order valence-electron chi connectivity index (χ1n) is 6.09. The largest absolute Gasteiger partial charge is 0.464 e. The van der Waals surface area contributed by atoms with Crippen LogP contribution in [0.1, 0.15) is 34.1 Å². The van der Waals surface area contributed by atoms with E-state index < -0.39 is 0 Å². The third kappa shape index (κ3) is 3.30. The Bertz CT molecular complexity index is 323. The van der Waals surface area contributed by atoms with Gasteiger partial charge in [-0.25, -0.2) is 9.37 Å². The molecule has 98 valence electrons. The van der Waals surface area contributed by atoms with Gasteiger partial charge in [0.2, 0.25) is 0 Å². The maximum atomic E-state index is 11.9. The minimum Gasteiger partial charge on any atom is -0.464 e. The summed E-state index contributed by atoms with van der Waals surface area (Å²) in [5.74, 6) is 0.106. The van der Waals surface area contributed by atoms with E-state index >= 15 is 0 Å². The summed E-state index contributed by atoms with van der Waals surface area (Å²) in [5, 5.41) is 0.882. The Hall–Kier alpha value is -0.380. The van der Waals surface area contributed by atoms with Crippen LogP contribution < -0.4 is 0 Å². The lowest BCUT2D eigenvalue weighted by Crippen LogP contribution is -2.43. The van der Waals surface area contributed by atoms with Crippen LogP contribution in [0.15, 0.2) is 0 Å². The van der Waals surface area contributed by atoms with Crippen LogP contribution >= 0.6 is 15.9 Å². The summed E-state index contributed by atoms with van der Waals surface area (Å²) >= 11 is 3.54. The molecule has 2 atom stereocenters. The standard InChI is InChI=1S/C13H23BrNO2/c1-9(2)11(12(16)17-5)15-8-13(3,4)6-10(15)7-14/h8-11H,6-7H2,1-5H3/q+1/t10?,11-/m0/s1. The van der Waals surface area contributed by atoms with Crippen molar-refractivity contribution in [3.05, 3.63) is 0 Å². The predicted octanol–water partition coefficient (Wildman–Crippen LogP) is 2.46. The fourth-order valence-electron chi connectivity index (χ4n) is 2.57. The Balaban J connectivity index is 3.05. The van der Waals surface area contributed by atoms with Crippen molar-refractivity contribution in [1.82, 2.24) is 0 Å². The first kappa shape index (κ1) is 14.7. The third-order valence-corrected chi connectivity index (χ3v) is 4.00. The Labute approximate surface area is 112 Å². The maximum Gasteiger partial charge on any atom is 0.375 e. The lowest BCUT2D eigenvalue weighted by atomic mass is 9.91. The zero-order valence-corrected chi connectivity index (χ0v) is 13.0. The molecule has 1 unspecified atom stereocenters. The molecule has 17 heavy (non-hydrogen) atoms. The molecule has 0 aliphatic carbocycles. The fourth-order valence-corrected chi connectivity index (χ4v) is 3.14. The van der Waals surface area contributed by atoms with E-state index in [1.807, 2.05) is 0 Å². The number of hydrogen-bond donors (Lipinski definition) is 0. The number of rotatable bonds is 4. The second kappa shape index (κ2) is 5.51. The van der Waals surface area contributed by atoms with Crippen LogP contribution in [0.5, 0.6) is 0 Å². The highest BCUT2D eigenvalue weighted by atomic mass is 79.9. The molecule has 1 rings (SSSR count). The number of methoxy groups -OCH3 is 1. The molecule has 0 aromatic carbocycles. The highest BCUT2D eigenvalue weighted by Crippen LogP contribution is 2.30. The molecule has 0 aromatic heterocycles. The van der Waals surface area contributed by atoms with E-state index in [1.54, 1.807) is 0 Å². The van der Waals surface area contributed by atoms with Crippen molar-refractivity contribution in [3.8, 4) is 0 Å². The number of hydrogen-bond acceptors (Lipinski definition) is 2. The summed E-state index contributed by atoms with van der Waals surface area (Å²) in [6, 6.07) is 0.195. The molecule has 0 N–H and O–H groups in total. The number of halogens is 1. The average molecular weight is 305 g/mol. The zero-order valence-electron chi connectivity index (χ0n) is 11.4. The smallest absolute Gasteiger partial charge is 0.375 e. The van der Waals surface area contributed by atoms with Gasteiger partial charge < -0.3 is 4.74 Å². The molecular weight excluding hydrogens is 282 g/mol. The van der Waals surface area contributed by atoms with Crippen molar-refractivity contribution >= 4 is 28.1 Å². The van der Waals surface area contributed by atoms with Crippen LogP contribution in [0.4, 0.5) is 0 Å². The van der Waals surface area contributed by atoms with E-state index in [1.165, 1.54) is 7.11 Å². The van der Waals surface area contributed by atoms with Crippen molar-refractivity contribution in [1.29, 1.82) is 0 Å². The molecule has 1 aliphatic heterocycles. The summed E-state index contributed by atoms with van der Waals surface area (Å²) in [7, 11) is 1.46. The van der Waals surface area contributed by atoms with Crippen molar-refractivity contribution in [3.63, 3.8) is 0 Å². The second-order valence-corrected chi connectivity index (χ2v) is 6.44. The molecule has 3 nitrogen and oxygen atoms in total. The van der Waals surface area contributed by atoms with Crippen LogP contribution in [0.25, 0.3) is 0 Å². The van der Waals surface area contributed by atoms with Crippen molar-refractivity contribution in [2.75, 3.05) is 12.4 Å². The van der Waals surface area contributed by atoms with Crippen LogP contribution in [-0.4, -0.2) is 41.3 Å². The van der Waals surface area contributed by atoms with Crippen molar-refractivity contribution < 1.29 is 14.1 Å². The van der Waals surface area contributed by atoms with Gasteiger partial charge in [-0.05, 0) is 0 Å². The molecular formula is C13H23BrNO2+. The lowest BCUT2D eigenvalue weighted by Gasteiger charge is -2.19. The van der Waals surface area contributed by atoms with Gasteiger partial charge in [0.1, 0.15) is 6.21 Å². The average Bonchev–Trinajstić information content (AvgIpc) is 2.53. The lowest BCUT2D eigenvalue weighted by molar-refractivity contribution is -0.581. The minimum absolute atomic E-state index is 0.139. The Kier molecular flexibility index (Phi) is 4.76. The normalized spacial score (nSPS) is 24.6. The molecule has 0 amide bonds. The minimum atomic E-state index is -0.177. The van der Waals surface area contributed by atoms with Gasteiger partial charge in [-0.2, -0.15) is 0 Å². The summed E-state index contributed by atoms with van der Waals surface area (Å²) in [6.07, 6.45) is 3.26. The highest BCUT2D eigenvalue weighted by molar-refractivity contribution is 9.09. The van der Waals surface area contributed by atoms with Crippen molar-refractivity contribution in [2.24, 2.45) is 11.3 Å². The Morgan fingerprint density at radius 1 is 1.59 bits per heavy atom. The van der Waals surface area contributed by atoms with Gasteiger partial charge in [0, 0.05) is 17.8 Å². The number of esters is 1. The van der Waals surface area contributed by atoms with Gasteiger partial charge in [0.15, 0.2) is 6.04 Å². The summed E-state index contributed by atoms with van der Waals surface area (Å²) < 4.78 is 7.12. The van der Waals surface area contributed by atoms with Crippen LogP contribution in [0.2, 0.25) is 0 Å². The molecule has 0 fully saturated rings. The van der Waals surface area contributed by atoms with Crippen LogP contribution in [-0.2, 0) is 9.53 Å². The fraction of sp³-hybridized carbons (Fsp3) is 0.846. The topological polar surface area (TPSA) is 29.3 Å². The summed E-state index contributed by atoms with van der Waals surface area (Å²) in [4.78, 5) is 11.9. The molecule has 1 aliphatic rings. The van der Waals surface area contributed by atoms with E-state index in [-0.39, 0.29) is 23.3 Å². The number of ether oxygens (including phenoxy) is 1. The molecule has 1 heterocycles. The molecule has 0 spiro atoms. The quantitative estimate of drug-likeness (QED) is 0.453. The van der Waals surface area contributed by atoms with Gasteiger partial charge in [-0.3, -0.25) is 0 Å². The molecule has 0 saturated carbocycles. The van der Waals surface area contributed by atoms with E-state index in [0.717, 1.165) is 11.8 Å². The van der Waals surface area contributed by atoms with E-state index in [4.69, 9.17) is 4.74 Å². The van der Waals surface area contributed by atoms with Crippen molar-refractivity contribution in [2.45, 2.75) is 46.2 Å². The highest BCUT2D eigenvalue weighted by Gasteiger charge is 2.45. The van der Waals surface area contributed by atoms with Gasteiger partial charge in [-0.15, -0.1) is 0 Å². The monoisotopic (exact) mass is 304 g/mol. The van der Waals surface area contributed by atoms with E-state index in [9.17, 15) is 4.79 Å². The van der Waals surface area contributed by atoms with Gasteiger partial charge in [-0.1, -0.05) is 43.6 Å². The first-order chi connectivity index (χ1) is 7.82. The molecule has 0 saturated heterocycles. The second-order valence-electron chi connectivity index (χ2n) is 5.79. The number of carbonyl (C=O) groups is 1. The molecule has 4 heteroatoms. The number of alkyl halides is 1. The first-order valence-corrected chi connectivity index (χ1v) is 7.22. The third-order valence-electron chi connectivity index (χ3n) is 3.26. The number of nitrogens with zero attached hydrogens (tertiary/aromatic N) is 1. The summed E-state index contributed by atoms with van der Waals surface area (Å²) in [5.41, 5.74) is 0.152. The molecule has 0 radical (unpaired) electrons.